The van der Waals surface area contributed by atoms with E-state index in [4.69, 9.17) is 16.3 Å². The summed E-state index contributed by atoms with van der Waals surface area (Å²) in [6.45, 7) is 11.3. The van der Waals surface area contributed by atoms with Crippen molar-refractivity contribution < 1.29 is 4.74 Å². The van der Waals surface area contributed by atoms with E-state index < -0.39 is 0 Å². The van der Waals surface area contributed by atoms with E-state index in [1.165, 1.54) is 0 Å². The molecule has 17 heavy (non-hydrogen) atoms. The molecule has 2 nitrogen and oxygen atoms in total. The van der Waals surface area contributed by atoms with Crippen molar-refractivity contribution in [2.24, 2.45) is 5.92 Å². The van der Waals surface area contributed by atoms with Crippen molar-refractivity contribution in [3.63, 3.8) is 0 Å². The lowest BCUT2D eigenvalue weighted by molar-refractivity contribution is 0.259. The van der Waals surface area contributed by atoms with Crippen molar-refractivity contribution >= 4 is 11.6 Å². The van der Waals surface area contributed by atoms with Crippen LogP contribution in [-0.2, 0) is 11.3 Å². The number of hydrogen-bond acceptors (Lipinski definition) is 2. The van der Waals surface area contributed by atoms with E-state index in [9.17, 15) is 0 Å². The lowest BCUT2D eigenvalue weighted by atomic mass is 9.91. The van der Waals surface area contributed by atoms with Crippen LogP contribution in [-0.4, -0.2) is 11.6 Å². The third kappa shape index (κ3) is 4.55. The largest absolute Gasteiger partial charge is 0.477 e. The molecule has 0 aliphatic heterocycles. The number of pyridine rings is 1. The van der Waals surface area contributed by atoms with Gasteiger partial charge in [0.25, 0.3) is 0 Å². The van der Waals surface area contributed by atoms with Crippen LogP contribution < -0.4 is 4.74 Å². The average molecular weight is 256 g/mol. The molecular formula is C14H22ClNO. The van der Waals surface area contributed by atoms with Crippen LogP contribution in [0, 0.1) is 5.92 Å². The van der Waals surface area contributed by atoms with Crippen molar-refractivity contribution in [1.82, 2.24) is 4.98 Å². The molecule has 0 unspecified atom stereocenters. The quantitative estimate of drug-likeness (QED) is 0.754. The molecule has 96 valence electrons. The van der Waals surface area contributed by atoms with Crippen molar-refractivity contribution in [1.29, 1.82) is 0 Å². The Morgan fingerprint density at radius 2 is 1.94 bits per heavy atom. The summed E-state index contributed by atoms with van der Waals surface area (Å²) < 4.78 is 5.68. The highest BCUT2D eigenvalue weighted by molar-refractivity contribution is 6.17. The zero-order chi connectivity index (χ0) is 13.1. The van der Waals surface area contributed by atoms with E-state index in [2.05, 4.69) is 45.7 Å². The third-order valence-corrected chi connectivity index (χ3v) is 2.66. The Morgan fingerprint density at radius 3 is 2.41 bits per heavy atom. The van der Waals surface area contributed by atoms with Gasteiger partial charge in [-0.3, -0.25) is 0 Å². The molecule has 3 heteroatoms. The molecule has 0 aromatic carbocycles. The number of ether oxygens (including phenoxy) is 1. The number of alkyl halides is 1. The van der Waals surface area contributed by atoms with E-state index >= 15 is 0 Å². The molecule has 0 aliphatic rings. The van der Waals surface area contributed by atoms with E-state index in [0.717, 1.165) is 11.3 Å². The molecule has 0 spiro atoms. The lowest BCUT2D eigenvalue weighted by Gasteiger charge is -2.20. The summed E-state index contributed by atoms with van der Waals surface area (Å²) in [6, 6.07) is 3.97. The fraction of sp³-hybridized carbons (Fsp3) is 0.643. The van der Waals surface area contributed by atoms with Gasteiger partial charge in [-0.15, -0.1) is 11.6 Å². The van der Waals surface area contributed by atoms with Crippen LogP contribution in [0.25, 0.3) is 0 Å². The van der Waals surface area contributed by atoms with Crippen LogP contribution in [0.4, 0.5) is 0 Å². The molecule has 0 radical (unpaired) electrons. The van der Waals surface area contributed by atoms with Gasteiger partial charge in [0.05, 0.1) is 12.3 Å². The number of nitrogens with zero attached hydrogens (tertiary/aromatic N) is 1. The highest BCUT2D eigenvalue weighted by Gasteiger charge is 2.17. The predicted octanol–water partition coefficient (Wildman–Crippen LogP) is 4.15. The molecule has 0 saturated heterocycles. The zero-order valence-corrected chi connectivity index (χ0v) is 12.1. The van der Waals surface area contributed by atoms with Crippen LogP contribution in [0.3, 0.4) is 0 Å². The minimum Gasteiger partial charge on any atom is -0.477 e. The molecule has 0 fully saturated rings. The minimum absolute atomic E-state index is 0.0119. The normalized spacial score (nSPS) is 11.9. The minimum atomic E-state index is 0.0119. The number of hydrogen-bond donors (Lipinski definition) is 0. The second kappa shape index (κ2) is 5.72. The van der Waals surface area contributed by atoms with Crippen LogP contribution in [0.15, 0.2) is 12.1 Å². The van der Waals surface area contributed by atoms with Gasteiger partial charge >= 0.3 is 0 Å². The summed E-state index contributed by atoms with van der Waals surface area (Å²) in [5.74, 6) is 1.67. The van der Waals surface area contributed by atoms with Gasteiger partial charge < -0.3 is 4.74 Å². The molecular weight excluding hydrogens is 234 g/mol. The fourth-order valence-electron chi connectivity index (χ4n) is 1.35. The standard InChI is InChI=1S/C14H22ClNO/c1-10(2)9-17-13-7-11(8-15)6-12(16-13)14(3,4)5/h6-7,10H,8-9H2,1-5H3. The second-order valence-electron chi connectivity index (χ2n) is 5.79. The Bertz CT molecular complexity index is 369. The van der Waals surface area contributed by atoms with E-state index in [-0.39, 0.29) is 5.41 Å². The molecule has 1 aromatic rings. The van der Waals surface area contributed by atoms with Crippen molar-refractivity contribution in [3.8, 4) is 5.88 Å². The van der Waals surface area contributed by atoms with E-state index in [1.807, 2.05) is 6.07 Å². The number of rotatable bonds is 4. The van der Waals surface area contributed by atoms with Crippen LogP contribution in [0.1, 0.15) is 45.9 Å². The maximum atomic E-state index is 5.90. The molecule has 0 atom stereocenters. The molecule has 0 aliphatic carbocycles. The van der Waals surface area contributed by atoms with Crippen LogP contribution in [0.2, 0.25) is 0 Å². The van der Waals surface area contributed by atoms with Gasteiger partial charge in [0.1, 0.15) is 0 Å². The Balaban J connectivity index is 2.97. The molecule has 0 saturated carbocycles. The maximum Gasteiger partial charge on any atom is 0.213 e. The Labute approximate surface area is 109 Å². The summed E-state index contributed by atoms with van der Waals surface area (Å²) in [6.07, 6.45) is 0. The predicted molar refractivity (Wildman–Crippen MR) is 72.8 cm³/mol. The summed E-state index contributed by atoms with van der Waals surface area (Å²) in [7, 11) is 0. The fourth-order valence-corrected chi connectivity index (χ4v) is 1.50. The highest BCUT2D eigenvalue weighted by atomic mass is 35.5. The van der Waals surface area contributed by atoms with E-state index in [0.29, 0.717) is 24.3 Å². The highest BCUT2D eigenvalue weighted by Crippen LogP contribution is 2.25. The molecule has 0 N–H and O–H groups in total. The first kappa shape index (κ1) is 14.3. The summed E-state index contributed by atoms with van der Waals surface area (Å²) >= 11 is 5.90. The van der Waals surface area contributed by atoms with Gasteiger partial charge in [0.2, 0.25) is 5.88 Å². The monoisotopic (exact) mass is 255 g/mol. The maximum absolute atomic E-state index is 5.90. The molecule has 1 heterocycles. The van der Waals surface area contributed by atoms with Gasteiger partial charge in [-0.05, 0) is 17.5 Å². The summed E-state index contributed by atoms with van der Waals surface area (Å²) in [5, 5.41) is 0. The smallest absolute Gasteiger partial charge is 0.213 e. The molecule has 0 bridgehead atoms. The van der Waals surface area contributed by atoms with Gasteiger partial charge in [-0.25, -0.2) is 4.98 Å². The second-order valence-corrected chi connectivity index (χ2v) is 6.05. The Hall–Kier alpha value is -0.760. The van der Waals surface area contributed by atoms with Gasteiger partial charge in [0, 0.05) is 17.4 Å². The number of halogens is 1. The first-order valence-corrected chi connectivity index (χ1v) is 6.56. The average Bonchev–Trinajstić information content (AvgIpc) is 2.24. The van der Waals surface area contributed by atoms with Gasteiger partial charge in [-0.1, -0.05) is 34.6 Å². The van der Waals surface area contributed by atoms with Crippen molar-refractivity contribution in [3.05, 3.63) is 23.4 Å². The van der Waals surface area contributed by atoms with E-state index in [1.54, 1.807) is 0 Å². The Kier molecular flexibility index (Phi) is 4.81. The third-order valence-electron chi connectivity index (χ3n) is 2.35. The first-order chi connectivity index (χ1) is 7.82. The Morgan fingerprint density at radius 1 is 1.29 bits per heavy atom. The lowest BCUT2D eigenvalue weighted by Crippen LogP contribution is -2.15. The molecule has 1 aromatic heterocycles. The first-order valence-electron chi connectivity index (χ1n) is 6.03. The topological polar surface area (TPSA) is 22.1 Å². The summed E-state index contributed by atoms with van der Waals surface area (Å²) in [5.41, 5.74) is 2.10. The van der Waals surface area contributed by atoms with Gasteiger partial charge in [0.15, 0.2) is 0 Å². The van der Waals surface area contributed by atoms with Crippen molar-refractivity contribution in [2.45, 2.75) is 45.9 Å². The van der Waals surface area contributed by atoms with Gasteiger partial charge in [-0.2, -0.15) is 0 Å². The SMILES string of the molecule is CC(C)COc1cc(CCl)cc(C(C)(C)C)n1. The zero-order valence-electron chi connectivity index (χ0n) is 11.4. The van der Waals surface area contributed by atoms with Crippen molar-refractivity contribution in [2.75, 3.05) is 6.61 Å². The molecule has 1 rings (SSSR count). The summed E-state index contributed by atoms with van der Waals surface area (Å²) in [4.78, 5) is 4.54. The van der Waals surface area contributed by atoms with Crippen LogP contribution in [0.5, 0.6) is 5.88 Å². The van der Waals surface area contributed by atoms with Crippen LogP contribution >= 0.6 is 11.6 Å². The number of aromatic nitrogens is 1. The molecule has 0 amide bonds.